The van der Waals surface area contributed by atoms with Crippen LogP contribution in [-0.2, 0) is 0 Å². The fourth-order valence-corrected chi connectivity index (χ4v) is 3.27. The van der Waals surface area contributed by atoms with E-state index in [2.05, 4.69) is 20.3 Å². The summed E-state index contributed by atoms with van der Waals surface area (Å²) in [7, 11) is 0. The van der Waals surface area contributed by atoms with Crippen molar-refractivity contribution in [3.05, 3.63) is 83.9 Å². The largest absolute Gasteiger partial charge is 0.334 e. The first kappa shape index (κ1) is 18.0. The lowest BCUT2D eigenvalue weighted by Crippen LogP contribution is -1.84. The number of aryl methyl sites for hydroxylation is 2. The third-order valence-electron chi connectivity index (χ3n) is 4.76. The average molecular weight is 394 g/mol. The Labute approximate surface area is 173 Å². The molecule has 0 aliphatic carbocycles. The Bertz CT molecular complexity index is 1240. The van der Waals surface area contributed by atoms with Gasteiger partial charge in [0.2, 0.25) is 11.6 Å². The van der Waals surface area contributed by atoms with E-state index in [-0.39, 0.29) is 0 Å². The van der Waals surface area contributed by atoms with Crippen molar-refractivity contribution in [3.63, 3.8) is 0 Å². The molecule has 0 radical (unpaired) electrons. The van der Waals surface area contributed by atoms with Crippen LogP contribution in [-0.4, -0.2) is 20.3 Å². The second-order valence-electron chi connectivity index (χ2n) is 7.17. The Morgan fingerprint density at radius 1 is 0.533 bits per heavy atom. The Morgan fingerprint density at radius 3 is 1.43 bits per heavy atom. The molecule has 0 N–H and O–H groups in total. The zero-order valence-corrected chi connectivity index (χ0v) is 16.5. The first-order valence-corrected chi connectivity index (χ1v) is 9.58. The summed E-state index contributed by atoms with van der Waals surface area (Å²) in [4.78, 5) is 9.09. The van der Waals surface area contributed by atoms with Crippen LogP contribution in [0.2, 0.25) is 0 Å². The molecule has 6 heteroatoms. The molecule has 0 saturated carbocycles. The molecule has 0 aliphatic rings. The minimum absolute atomic E-state index is 0.437. The van der Waals surface area contributed by atoms with Crippen LogP contribution in [0.4, 0.5) is 0 Å². The molecular weight excluding hydrogens is 376 g/mol. The maximum absolute atomic E-state index is 5.50. The molecule has 0 bridgehead atoms. The quantitative estimate of drug-likeness (QED) is 0.387. The molecular formula is C24H18N4O2. The topological polar surface area (TPSA) is 77.8 Å². The molecule has 6 nitrogen and oxygen atoms in total. The summed E-state index contributed by atoms with van der Waals surface area (Å²) in [6.45, 7) is 4.06. The normalized spacial score (nSPS) is 11.0. The van der Waals surface area contributed by atoms with E-state index < -0.39 is 0 Å². The zero-order valence-electron chi connectivity index (χ0n) is 16.5. The van der Waals surface area contributed by atoms with Crippen molar-refractivity contribution in [2.24, 2.45) is 0 Å². The predicted molar refractivity (Wildman–Crippen MR) is 113 cm³/mol. The summed E-state index contributed by atoms with van der Waals surface area (Å²) in [5, 5.41) is 8.24. The van der Waals surface area contributed by atoms with Gasteiger partial charge in [0, 0.05) is 22.3 Å². The van der Waals surface area contributed by atoms with Crippen molar-refractivity contribution in [1.29, 1.82) is 0 Å². The summed E-state index contributed by atoms with van der Waals surface area (Å²) < 4.78 is 11.0. The van der Waals surface area contributed by atoms with Crippen molar-refractivity contribution in [2.75, 3.05) is 0 Å². The maximum Gasteiger partial charge on any atom is 0.258 e. The number of rotatable bonds is 4. The molecule has 0 amide bonds. The Hall–Kier alpha value is -4.06. The monoisotopic (exact) mass is 394 g/mol. The molecule has 5 aromatic rings. The van der Waals surface area contributed by atoms with Crippen molar-refractivity contribution >= 4 is 0 Å². The molecule has 0 spiro atoms. The van der Waals surface area contributed by atoms with Crippen LogP contribution in [0.15, 0.2) is 81.8 Å². The maximum atomic E-state index is 5.50. The Balaban J connectivity index is 1.46. The van der Waals surface area contributed by atoms with Gasteiger partial charge in [0.1, 0.15) is 0 Å². The Morgan fingerprint density at radius 2 is 0.967 bits per heavy atom. The van der Waals surface area contributed by atoms with Gasteiger partial charge in [0.25, 0.3) is 11.8 Å². The van der Waals surface area contributed by atoms with E-state index in [1.165, 1.54) is 0 Å². The van der Waals surface area contributed by atoms with E-state index in [4.69, 9.17) is 9.05 Å². The fourth-order valence-electron chi connectivity index (χ4n) is 3.27. The summed E-state index contributed by atoms with van der Waals surface area (Å²) in [5.41, 5.74) is 5.69. The van der Waals surface area contributed by atoms with E-state index in [0.717, 1.165) is 33.4 Å². The predicted octanol–water partition coefficient (Wildman–Crippen LogP) is 5.74. The molecule has 146 valence electrons. The number of hydrogen-bond acceptors (Lipinski definition) is 6. The van der Waals surface area contributed by atoms with Gasteiger partial charge >= 0.3 is 0 Å². The summed E-state index contributed by atoms with van der Waals surface area (Å²) in [5.74, 6) is 1.98. The van der Waals surface area contributed by atoms with E-state index in [1.807, 2.05) is 86.6 Å². The van der Waals surface area contributed by atoms with Crippen LogP contribution in [0.1, 0.15) is 11.1 Å². The minimum atomic E-state index is 0.437. The summed E-state index contributed by atoms with van der Waals surface area (Å²) >= 11 is 0. The van der Waals surface area contributed by atoms with Crippen LogP contribution in [0.5, 0.6) is 0 Å². The van der Waals surface area contributed by atoms with E-state index in [9.17, 15) is 0 Å². The second kappa shape index (κ2) is 7.40. The molecule has 3 aromatic carbocycles. The minimum Gasteiger partial charge on any atom is -0.334 e. The van der Waals surface area contributed by atoms with Gasteiger partial charge in [-0.2, -0.15) is 9.97 Å². The van der Waals surface area contributed by atoms with Crippen molar-refractivity contribution < 1.29 is 9.05 Å². The molecule has 2 heterocycles. The number of hydrogen-bond donors (Lipinski definition) is 0. The molecule has 0 unspecified atom stereocenters. The molecule has 30 heavy (non-hydrogen) atoms. The first-order valence-electron chi connectivity index (χ1n) is 9.58. The summed E-state index contributed by atoms with van der Waals surface area (Å²) in [6.07, 6.45) is 0. The van der Waals surface area contributed by atoms with Gasteiger partial charge in [0.15, 0.2) is 0 Å². The van der Waals surface area contributed by atoms with Crippen molar-refractivity contribution in [1.82, 2.24) is 20.3 Å². The lowest BCUT2D eigenvalue weighted by Gasteiger charge is -1.98. The van der Waals surface area contributed by atoms with Gasteiger partial charge in [-0.05, 0) is 44.2 Å². The molecule has 2 aromatic heterocycles. The molecule has 0 fully saturated rings. The third-order valence-corrected chi connectivity index (χ3v) is 4.76. The van der Waals surface area contributed by atoms with Gasteiger partial charge in [-0.25, -0.2) is 0 Å². The third kappa shape index (κ3) is 3.51. The van der Waals surface area contributed by atoms with Gasteiger partial charge in [-0.15, -0.1) is 0 Å². The zero-order chi connectivity index (χ0) is 20.5. The number of benzene rings is 3. The molecule has 5 rings (SSSR count). The Kier molecular flexibility index (Phi) is 4.44. The first-order chi connectivity index (χ1) is 14.7. The van der Waals surface area contributed by atoms with Crippen LogP contribution < -0.4 is 0 Å². The van der Waals surface area contributed by atoms with Crippen LogP contribution in [0, 0.1) is 13.8 Å². The lowest BCUT2D eigenvalue weighted by molar-refractivity contribution is 0.431. The van der Waals surface area contributed by atoms with Gasteiger partial charge in [0.05, 0.1) is 0 Å². The highest BCUT2D eigenvalue weighted by molar-refractivity contribution is 5.67. The molecule has 0 saturated heterocycles. The molecule has 0 aliphatic heterocycles. The van der Waals surface area contributed by atoms with Crippen LogP contribution in [0.25, 0.3) is 45.7 Å². The van der Waals surface area contributed by atoms with E-state index in [0.29, 0.717) is 23.4 Å². The second-order valence-corrected chi connectivity index (χ2v) is 7.17. The summed E-state index contributed by atoms with van der Waals surface area (Å²) in [6, 6.07) is 23.6. The highest BCUT2D eigenvalue weighted by atomic mass is 16.5. The fraction of sp³-hybridized carbons (Fsp3) is 0.0833. The van der Waals surface area contributed by atoms with Gasteiger partial charge in [-0.3, -0.25) is 0 Å². The SMILES string of the molecule is Cc1cccc(-c2noc(-c3cccc(-c4nc(-c5cccc(C)c5)no4)c3)n2)c1. The average Bonchev–Trinajstić information content (AvgIpc) is 3.44. The van der Waals surface area contributed by atoms with Crippen molar-refractivity contribution in [3.8, 4) is 45.7 Å². The number of aromatic nitrogens is 4. The van der Waals surface area contributed by atoms with Crippen LogP contribution >= 0.6 is 0 Å². The highest BCUT2D eigenvalue weighted by Gasteiger charge is 2.15. The molecule has 0 atom stereocenters. The van der Waals surface area contributed by atoms with Gasteiger partial charge < -0.3 is 9.05 Å². The van der Waals surface area contributed by atoms with Gasteiger partial charge in [-0.1, -0.05) is 63.9 Å². The standard InChI is InChI=1S/C24H18N4O2/c1-15-6-3-8-17(12-15)21-25-23(29-27-21)19-10-5-11-20(14-19)24-26-22(28-30-24)18-9-4-7-16(2)13-18/h3-14H,1-2H3. The number of nitrogens with zero attached hydrogens (tertiary/aromatic N) is 4. The lowest BCUT2D eigenvalue weighted by atomic mass is 10.1. The van der Waals surface area contributed by atoms with E-state index >= 15 is 0 Å². The van der Waals surface area contributed by atoms with Crippen LogP contribution in [0.3, 0.4) is 0 Å². The van der Waals surface area contributed by atoms with Crippen molar-refractivity contribution in [2.45, 2.75) is 13.8 Å². The highest BCUT2D eigenvalue weighted by Crippen LogP contribution is 2.28. The van der Waals surface area contributed by atoms with E-state index in [1.54, 1.807) is 0 Å². The smallest absolute Gasteiger partial charge is 0.258 e.